The van der Waals surface area contributed by atoms with E-state index in [-0.39, 0.29) is 6.04 Å². The topological polar surface area (TPSA) is 45.6 Å². The Hall–Kier alpha value is -1.03. The molecule has 0 aromatic carbocycles. The first-order valence-electron chi connectivity index (χ1n) is 4.29. The van der Waals surface area contributed by atoms with E-state index in [0.29, 0.717) is 0 Å². The number of rotatable bonds is 4. The van der Waals surface area contributed by atoms with Crippen LogP contribution >= 0.6 is 11.3 Å². The molecule has 1 unspecified atom stereocenters. The Morgan fingerprint density at radius 1 is 1.71 bits per heavy atom. The van der Waals surface area contributed by atoms with Crippen LogP contribution in [0.5, 0.6) is 0 Å². The van der Waals surface area contributed by atoms with Crippen molar-refractivity contribution in [2.75, 3.05) is 14.1 Å². The highest BCUT2D eigenvalue weighted by Gasteiger charge is 2.09. The normalized spacial score (nSPS) is 12.6. The largest absolute Gasteiger partial charge is 0.304 e. The Morgan fingerprint density at radius 2 is 2.43 bits per heavy atom. The summed E-state index contributed by atoms with van der Waals surface area (Å²) in [5.41, 5.74) is 0. The number of aromatic nitrogens is 1. The summed E-state index contributed by atoms with van der Waals surface area (Å²) in [6.07, 6.45) is 3.38. The zero-order valence-corrected chi connectivity index (χ0v) is 9.34. The molecular weight excluding hydrogens is 198 g/mol. The van der Waals surface area contributed by atoms with E-state index in [0.717, 1.165) is 11.6 Å². The zero-order valence-electron chi connectivity index (χ0n) is 8.52. The average Bonchev–Trinajstić information content (AvgIpc) is 2.52. The molecule has 76 valence electrons. The maximum Gasteiger partial charge on any atom is 0.235 e. The molecule has 1 heterocycles. The van der Waals surface area contributed by atoms with E-state index in [1.54, 1.807) is 17.4 Å². The van der Waals surface area contributed by atoms with Crippen LogP contribution < -0.4 is 0 Å². The molecule has 0 aliphatic rings. The fourth-order valence-corrected chi connectivity index (χ4v) is 2.06. The van der Waals surface area contributed by atoms with E-state index in [1.165, 1.54) is 4.88 Å². The summed E-state index contributed by atoms with van der Waals surface area (Å²) in [6, 6.07) is -0.173. The van der Waals surface area contributed by atoms with Gasteiger partial charge in [-0.1, -0.05) is 0 Å². The molecule has 0 fully saturated rings. The molecule has 0 aliphatic carbocycles. The number of carbonyl (C=O) groups excluding carboxylic acids is 1. The minimum absolute atomic E-state index is 0.173. The molecular formula is C9H13N3OS. The Morgan fingerprint density at radius 3 is 3.00 bits per heavy atom. The van der Waals surface area contributed by atoms with Crippen LogP contribution in [0.2, 0.25) is 0 Å². The lowest BCUT2D eigenvalue weighted by Crippen LogP contribution is -2.09. The van der Waals surface area contributed by atoms with Crippen molar-refractivity contribution in [1.82, 2.24) is 9.88 Å². The fraction of sp³-hybridized carbons (Fsp3) is 0.556. The highest BCUT2D eigenvalue weighted by Crippen LogP contribution is 2.22. The summed E-state index contributed by atoms with van der Waals surface area (Å²) in [5.74, 6) is 0. The molecule has 0 N–H and O–H groups in total. The van der Waals surface area contributed by atoms with E-state index in [9.17, 15) is 4.79 Å². The van der Waals surface area contributed by atoms with Crippen molar-refractivity contribution in [2.45, 2.75) is 19.5 Å². The standard InChI is InChI=1S/C9H13N3OS/c1-7(11-6-13)9-10-4-8(14-9)5-12(2)3/h4,7H,5H2,1-3H3. The molecule has 0 saturated carbocycles. The van der Waals surface area contributed by atoms with E-state index >= 15 is 0 Å². The summed E-state index contributed by atoms with van der Waals surface area (Å²) in [4.78, 5) is 21.1. The van der Waals surface area contributed by atoms with Gasteiger partial charge in [-0.25, -0.2) is 9.78 Å². The summed E-state index contributed by atoms with van der Waals surface area (Å²) in [5, 5.41) is 0.866. The monoisotopic (exact) mass is 211 g/mol. The molecule has 0 saturated heterocycles. The number of thiazole rings is 1. The lowest BCUT2D eigenvalue weighted by atomic mass is 10.4. The van der Waals surface area contributed by atoms with Crippen LogP contribution in [0.3, 0.4) is 0 Å². The first kappa shape index (κ1) is 11.0. The molecule has 0 amide bonds. The third kappa shape index (κ3) is 3.03. The molecule has 0 radical (unpaired) electrons. The van der Waals surface area contributed by atoms with Crippen LogP contribution in [0.4, 0.5) is 0 Å². The number of nitrogens with zero attached hydrogens (tertiary/aromatic N) is 3. The molecule has 5 heteroatoms. The van der Waals surface area contributed by atoms with Gasteiger partial charge >= 0.3 is 0 Å². The van der Waals surface area contributed by atoms with E-state index in [1.807, 2.05) is 27.2 Å². The van der Waals surface area contributed by atoms with E-state index in [2.05, 4.69) is 14.9 Å². The maximum atomic E-state index is 10.1. The van der Waals surface area contributed by atoms with Gasteiger partial charge in [0, 0.05) is 17.6 Å². The van der Waals surface area contributed by atoms with Gasteiger partial charge in [-0.2, -0.15) is 4.99 Å². The highest BCUT2D eigenvalue weighted by atomic mass is 32.1. The van der Waals surface area contributed by atoms with Gasteiger partial charge in [-0.15, -0.1) is 11.3 Å². The number of isocyanates is 1. The van der Waals surface area contributed by atoms with Gasteiger partial charge in [0.15, 0.2) is 0 Å². The summed E-state index contributed by atoms with van der Waals surface area (Å²) in [6.45, 7) is 2.71. The first-order valence-corrected chi connectivity index (χ1v) is 5.11. The second-order valence-corrected chi connectivity index (χ2v) is 4.45. The van der Waals surface area contributed by atoms with Gasteiger partial charge in [-0.3, -0.25) is 0 Å². The van der Waals surface area contributed by atoms with Crippen molar-refractivity contribution in [3.63, 3.8) is 0 Å². The van der Waals surface area contributed by atoms with E-state index < -0.39 is 0 Å². The molecule has 1 aromatic rings. The van der Waals surface area contributed by atoms with Gasteiger partial charge in [0.1, 0.15) is 11.0 Å². The van der Waals surface area contributed by atoms with Gasteiger partial charge in [0.25, 0.3) is 0 Å². The Kier molecular flexibility index (Phi) is 3.95. The number of aliphatic imine (C=N–C) groups is 1. The Balaban J connectivity index is 2.72. The van der Waals surface area contributed by atoms with Crippen molar-refractivity contribution in [3.05, 3.63) is 16.1 Å². The fourth-order valence-electron chi connectivity index (χ4n) is 1.03. The number of hydrogen-bond acceptors (Lipinski definition) is 5. The van der Waals surface area contributed by atoms with Crippen molar-refractivity contribution >= 4 is 17.4 Å². The predicted molar refractivity (Wildman–Crippen MR) is 56.0 cm³/mol. The van der Waals surface area contributed by atoms with Crippen LogP contribution in [-0.4, -0.2) is 30.1 Å². The minimum Gasteiger partial charge on any atom is -0.304 e. The van der Waals surface area contributed by atoms with Crippen molar-refractivity contribution < 1.29 is 4.79 Å². The lowest BCUT2D eigenvalue weighted by molar-refractivity contribution is 0.406. The molecule has 0 aliphatic heterocycles. The van der Waals surface area contributed by atoms with Crippen LogP contribution in [0.1, 0.15) is 22.9 Å². The van der Waals surface area contributed by atoms with E-state index in [4.69, 9.17) is 0 Å². The smallest absolute Gasteiger partial charge is 0.235 e. The van der Waals surface area contributed by atoms with Crippen LogP contribution in [0.25, 0.3) is 0 Å². The zero-order chi connectivity index (χ0) is 10.6. The van der Waals surface area contributed by atoms with Crippen LogP contribution in [0, 0.1) is 0 Å². The van der Waals surface area contributed by atoms with Crippen molar-refractivity contribution in [1.29, 1.82) is 0 Å². The van der Waals surface area contributed by atoms with Crippen molar-refractivity contribution in [3.8, 4) is 0 Å². The van der Waals surface area contributed by atoms with Gasteiger partial charge in [0.05, 0.1) is 0 Å². The summed E-state index contributed by atoms with van der Waals surface area (Å²) >= 11 is 1.58. The first-order chi connectivity index (χ1) is 6.63. The van der Waals surface area contributed by atoms with Gasteiger partial charge in [-0.05, 0) is 21.0 Å². The molecule has 0 bridgehead atoms. The molecule has 1 aromatic heterocycles. The minimum atomic E-state index is -0.173. The highest BCUT2D eigenvalue weighted by molar-refractivity contribution is 7.11. The van der Waals surface area contributed by atoms with Crippen molar-refractivity contribution in [2.24, 2.45) is 4.99 Å². The molecule has 1 atom stereocenters. The Labute approximate surface area is 87.3 Å². The summed E-state index contributed by atoms with van der Waals surface area (Å²) in [7, 11) is 4.01. The van der Waals surface area contributed by atoms with Gasteiger partial charge < -0.3 is 4.90 Å². The quantitative estimate of drug-likeness (QED) is 0.561. The molecule has 0 spiro atoms. The molecule has 14 heavy (non-hydrogen) atoms. The molecule has 1 rings (SSSR count). The second kappa shape index (κ2) is 5.00. The maximum absolute atomic E-state index is 10.1. The predicted octanol–water partition coefficient (Wildman–Crippen LogP) is 1.60. The number of hydrogen-bond donors (Lipinski definition) is 0. The SMILES string of the molecule is CC(N=C=O)c1ncc(CN(C)C)s1. The third-order valence-electron chi connectivity index (χ3n) is 1.65. The van der Waals surface area contributed by atoms with Crippen LogP contribution in [0.15, 0.2) is 11.2 Å². The second-order valence-electron chi connectivity index (χ2n) is 3.30. The third-order valence-corrected chi connectivity index (χ3v) is 2.80. The molecule has 4 nitrogen and oxygen atoms in total. The van der Waals surface area contributed by atoms with Crippen LogP contribution in [-0.2, 0) is 11.3 Å². The summed E-state index contributed by atoms with van der Waals surface area (Å²) < 4.78 is 0. The lowest BCUT2D eigenvalue weighted by Gasteiger charge is -2.05. The Bertz CT molecular complexity index is 342. The average molecular weight is 211 g/mol. The van der Waals surface area contributed by atoms with Gasteiger partial charge in [0.2, 0.25) is 6.08 Å².